The number of pyridine rings is 2. The van der Waals surface area contributed by atoms with E-state index in [1.165, 1.54) is 38.1 Å². The lowest BCUT2D eigenvalue weighted by atomic mass is 10.1. The van der Waals surface area contributed by atoms with Crippen LogP contribution in [0.3, 0.4) is 0 Å². The normalized spacial score (nSPS) is 14.0. The lowest BCUT2D eigenvalue weighted by Gasteiger charge is -2.36. The van der Waals surface area contributed by atoms with Crippen molar-refractivity contribution in [2.24, 2.45) is 0 Å². The second-order valence-corrected chi connectivity index (χ2v) is 11.4. The van der Waals surface area contributed by atoms with Crippen LogP contribution in [0.15, 0.2) is 70.6 Å². The van der Waals surface area contributed by atoms with Crippen LogP contribution in [0.5, 0.6) is 5.75 Å². The largest absolute Gasteiger partial charge is 0.493 e. The SMILES string of the molecule is COc1cnc(N2CCN(c3ncnc4n[nH]c(-c5ccc6oc(N)nc6c5)c34)CC2)cc1NS(=O)(=O)c1cccnc1. The molecule has 1 aliphatic rings. The Morgan fingerprint density at radius 1 is 1.05 bits per heavy atom. The number of sulfonamides is 1. The van der Waals surface area contributed by atoms with Gasteiger partial charge in [-0.2, -0.15) is 10.1 Å². The van der Waals surface area contributed by atoms with Gasteiger partial charge in [-0.3, -0.25) is 14.8 Å². The van der Waals surface area contributed by atoms with Crippen molar-refractivity contribution in [3.63, 3.8) is 0 Å². The topological polar surface area (TPSA) is 194 Å². The monoisotopic (exact) mass is 599 g/mol. The van der Waals surface area contributed by atoms with Gasteiger partial charge in [0.15, 0.2) is 17.0 Å². The number of hydrogen-bond donors (Lipinski definition) is 3. The van der Waals surface area contributed by atoms with Crippen molar-refractivity contribution in [2.75, 3.05) is 53.5 Å². The summed E-state index contributed by atoms with van der Waals surface area (Å²) in [5.74, 6) is 1.67. The number of nitrogen functional groups attached to an aromatic ring is 1. The van der Waals surface area contributed by atoms with Gasteiger partial charge in [0, 0.05) is 50.2 Å². The number of hydrogen-bond acceptors (Lipinski definition) is 13. The number of anilines is 4. The van der Waals surface area contributed by atoms with Crippen molar-refractivity contribution in [1.29, 1.82) is 0 Å². The number of piperazine rings is 1. The van der Waals surface area contributed by atoms with Gasteiger partial charge in [0.25, 0.3) is 16.0 Å². The molecule has 0 amide bonds. The average Bonchev–Trinajstić information content (AvgIpc) is 3.64. The number of aromatic nitrogens is 7. The van der Waals surface area contributed by atoms with E-state index >= 15 is 0 Å². The van der Waals surface area contributed by atoms with Crippen LogP contribution >= 0.6 is 0 Å². The van der Waals surface area contributed by atoms with Gasteiger partial charge >= 0.3 is 0 Å². The number of benzene rings is 1. The van der Waals surface area contributed by atoms with Gasteiger partial charge in [0.2, 0.25) is 0 Å². The van der Waals surface area contributed by atoms with E-state index in [-0.39, 0.29) is 16.6 Å². The summed E-state index contributed by atoms with van der Waals surface area (Å²) in [7, 11) is -2.42. The molecule has 16 heteroatoms. The van der Waals surface area contributed by atoms with Crippen molar-refractivity contribution < 1.29 is 17.6 Å². The van der Waals surface area contributed by atoms with E-state index in [0.29, 0.717) is 54.5 Å². The highest BCUT2D eigenvalue weighted by Crippen LogP contribution is 2.35. The Morgan fingerprint density at radius 3 is 2.67 bits per heavy atom. The summed E-state index contributed by atoms with van der Waals surface area (Å²) in [6, 6.07) is 10.4. The van der Waals surface area contributed by atoms with E-state index in [1.54, 1.807) is 12.1 Å². The molecule has 0 aliphatic carbocycles. The lowest BCUT2D eigenvalue weighted by Crippen LogP contribution is -2.47. The van der Waals surface area contributed by atoms with Crippen LogP contribution in [0, 0.1) is 0 Å². The third kappa shape index (κ3) is 4.86. The van der Waals surface area contributed by atoms with Crippen molar-refractivity contribution >= 4 is 55.5 Å². The number of H-pyrrole nitrogens is 1. The highest BCUT2D eigenvalue weighted by molar-refractivity contribution is 7.92. The predicted molar refractivity (Wildman–Crippen MR) is 159 cm³/mol. The van der Waals surface area contributed by atoms with Crippen LogP contribution in [0.4, 0.5) is 23.3 Å². The highest BCUT2D eigenvalue weighted by atomic mass is 32.2. The lowest BCUT2D eigenvalue weighted by molar-refractivity contribution is 0.415. The van der Waals surface area contributed by atoms with Crippen LogP contribution in [-0.4, -0.2) is 76.8 Å². The first-order valence-electron chi connectivity index (χ1n) is 13.2. The minimum atomic E-state index is -3.88. The molecule has 0 atom stereocenters. The second-order valence-electron chi connectivity index (χ2n) is 9.74. The molecule has 218 valence electrons. The summed E-state index contributed by atoms with van der Waals surface area (Å²) in [5, 5.41) is 8.31. The fourth-order valence-corrected chi connectivity index (χ4v) is 6.12. The van der Waals surface area contributed by atoms with Crippen molar-refractivity contribution in [1.82, 2.24) is 35.1 Å². The van der Waals surface area contributed by atoms with E-state index < -0.39 is 10.0 Å². The molecule has 7 rings (SSSR count). The van der Waals surface area contributed by atoms with E-state index in [0.717, 1.165) is 22.5 Å². The molecule has 0 spiro atoms. The molecule has 1 aromatic carbocycles. The van der Waals surface area contributed by atoms with Crippen molar-refractivity contribution in [2.45, 2.75) is 4.90 Å². The fourth-order valence-electron chi connectivity index (χ4n) is 5.09. The number of rotatable bonds is 7. The second kappa shape index (κ2) is 10.4. The summed E-state index contributed by atoms with van der Waals surface area (Å²) < 4.78 is 39.3. The van der Waals surface area contributed by atoms with Crippen LogP contribution in [-0.2, 0) is 10.0 Å². The van der Waals surface area contributed by atoms with Crippen molar-refractivity contribution in [3.05, 3.63) is 61.3 Å². The Bertz CT molecular complexity index is 2060. The van der Waals surface area contributed by atoms with Gasteiger partial charge in [-0.1, -0.05) is 0 Å². The van der Waals surface area contributed by atoms with E-state index in [9.17, 15) is 8.42 Å². The Labute approximate surface area is 244 Å². The Morgan fingerprint density at radius 2 is 1.88 bits per heavy atom. The fraction of sp³-hybridized carbons (Fsp3) is 0.185. The zero-order chi connectivity index (χ0) is 29.6. The highest BCUT2D eigenvalue weighted by Gasteiger charge is 2.25. The van der Waals surface area contributed by atoms with Gasteiger partial charge in [-0.15, -0.1) is 0 Å². The maximum atomic E-state index is 13.0. The number of nitrogens with zero attached hydrogens (tertiary/aromatic N) is 8. The molecule has 43 heavy (non-hydrogen) atoms. The number of methoxy groups -OCH3 is 1. The zero-order valence-corrected chi connectivity index (χ0v) is 23.6. The Hall–Kier alpha value is -5.51. The van der Waals surface area contributed by atoms with Crippen LogP contribution < -0.4 is 25.0 Å². The molecule has 15 nitrogen and oxygen atoms in total. The summed E-state index contributed by atoms with van der Waals surface area (Å²) in [6.07, 6.45) is 5.81. The van der Waals surface area contributed by atoms with Gasteiger partial charge in [-0.05, 0) is 30.3 Å². The Kier molecular flexibility index (Phi) is 6.38. The summed E-state index contributed by atoms with van der Waals surface area (Å²) >= 11 is 0. The first-order chi connectivity index (χ1) is 20.9. The van der Waals surface area contributed by atoms with E-state index in [4.69, 9.17) is 14.9 Å². The molecule has 1 saturated heterocycles. The van der Waals surface area contributed by atoms with E-state index in [2.05, 4.69) is 49.6 Å². The van der Waals surface area contributed by atoms with E-state index in [1.807, 2.05) is 18.2 Å². The molecule has 6 heterocycles. The molecule has 4 N–H and O–H groups in total. The van der Waals surface area contributed by atoms with Gasteiger partial charge in [-0.25, -0.2) is 23.4 Å². The number of oxazole rings is 1. The smallest absolute Gasteiger partial charge is 0.292 e. The maximum absolute atomic E-state index is 13.0. The number of nitrogens with two attached hydrogens (primary N) is 1. The minimum Gasteiger partial charge on any atom is -0.493 e. The predicted octanol–water partition coefficient (Wildman–Crippen LogP) is 2.67. The summed E-state index contributed by atoms with van der Waals surface area (Å²) in [4.78, 5) is 26.0. The molecular weight excluding hydrogens is 574 g/mol. The van der Waals surface area contributed by atoms with Gasteiger partial charge in [0.1, 0.15) is 28.4 Å². The van der Waals surface area contributed by atoms with Crippen LogP contribution in [0.1, 0.15) is 0 Å². The van der Waals surface area contributed by atoms with Crippen molar-refractivity contribution in [3.8, 4) is 17.0 Å². The standard InChI is InChI=1S/C27H25N11O4S/c1-41-21-14-30-22(12-19(21)36-43(39,40)17-3-2-6-29-13-17)37-7-9-38(10-8-37)26-23-24(34-35-25(23)31-15-32-26)16-4-5-20-18(11-16)33-27(28)42-20/h2-6,11-15H,7-10H2,1H3,(H2,28,33)(H,30,36)(H,31,32,34,35). The van der Waals surface area contributed by atoms with Crippen LogP contribution in [0.25, 0.3) is 33.4 Å². The molecule has 0 unspecified atom stereocenters. The Balaban J connectivity index is 1.14. The molecule has 6 aromatic rings. The quantitative estimate of drug-likeness (QED) is 0.243. The summed E-state index contributed by atoms with van der Waals surface area (Å²) in [5.41, 5.74) is 9.40. The molecule has 1 fully saturated rings. The molecular formula is C27H25N11O4S. The molecule has 0 saturated carbocycles. The first-order valence-corrected chi connectivity index (χ1v) is 14.7. The molecule has 0 bridgehead atoms. The molecule has 0 radical (unpaired) electrons. The molecule has 5 aromatic heterocycles. The maximum Gasteiger partial charge on any atom is 0.292 e. The van der Waals surface area contributed by atoms with Gasteiger partial charge in [0.05, 0.1) is 30.1 Å². The third-order valence-corrected chi connectivity index (χ3v) is 8.54. The molecule has 1 aliphatic heterocycles. The summed E-state index contributed by atoms with van der Waals surface area (Å²) in [6.45, 7) is 2.47. The van der Waals surface area contributed by atoms with Crippen LogP contribution in [0.2, 0.25) is 0 Å². The zero-order valence-electron chi connectivity index (χ0n) is 22.8. The third-order valence-electron chi connectivity index (χ3n) is 7.19. The first kappa shape index (κ1) is 26.4. The number of fused-ring (bicyclic) bond motifs is 2. The average molecular weight is 600 g/mol. The number of ether oxygens (including phenoxy) is 1. The minimum absolute atomic E-state index is 0.0453. The number of nitrogens with one attached hydrogen (secondary N) is 2. The number of aromatic amines is 1. The van der Waals surface area contributed by atoms with Gasteiger partial charge < -0.3 is 24.7 Å².